The van der Waals surface area contributed by atoms with Crippen LogP contribution in [0.15, 0.2) is 18.6 Å². The first-order valence-electron chi connectivity index (χ1n) is 9.33. The summed E-state index contributed by atoms with van der Waals surface area (Å²) in [5.41, 5.74) is 3.12. The van der Waals surface area contributed by atoms with Crippen LogP contribution in [-0.4, -0.2) is 46.4 Å². The van der Waals surface area contributed by atoms with E-state index in [2.05, 4.69) is 42.5 Å². The maximum Gasteiger partial charge on any atom is 0.239 e. The molecule has 2 amide bonds. The molecule has 0 bridgehead atoms. The molecule has 0 unspecified atom stereocenters. The summed E-state index contributed by atoms with van der Waals surface area (Å²) in [5.74, 6) is 1.65. The Bertz CT molecular complexity index is 994. The third-order valence-electron chi connectivity index (χ3n) is 5.44. The second-order valence-corrected chi connectivity index (χ2v) is 8.21. The molecule has 8 nitrogen and oxygen atoms in total. The molecule has 0 radical (unpaired) electrons. The summed E-state index contributed by atoms with van der Waals surface area (Å²) < 4.78 is 2.77. The maximum atomic E-state index is 10.4. The second-order valence-electron chi connectivity index (χ2n) is 7.19. The van der Waals surface area contributed by atoms with Gasteiger partial charge in [-0.3, -0.25) is 9.59 Å². The van der Waals surface area contributed by atoms with Gasteiger partial charge in [-0.1, -0.05) is 5.21 Å². The normalized spacial score (nSPS) is 22.7. The van der Waals surface area contributed by atoms with Gasteiger partial charge in [0.2, 0.25) is 11.8 Å². The summed E-state index contributed by atoms with van der Waals surface area (Å²) in [6.07, 6.45) is 9.03. The molecule has 3 aromatic heterocycles. The fraction of sp³-hybridized carbons (Fsp3) is 0.500. The summed E-state index contributed by atoms with van der Waals surface area (Å²) in [4.78, 5) is 28.4. The molecule has 0 atom stereocenters. The lowest BCUT2D eigenvalue weighted by molar-refractivity contribution is -0.131. The molecule has 1 N–H and O–H groups in total. The van der Waals surface area contributed by atoms with Crippen LogP contribution in [0.5, 0.6) is 0 Å². The standard InChI is InChI=1S/C14H16ClN5.C4H4BrNO2/c15-7-9-1-3-10(4-2-9)12-13-11-5-6-16-14(11)17-8-20(13)19-18-12;5-6-3(7)1-2-4(6)8/h5-6,8-10,16H,1-4,7H2;1-2H2. The molecule has 2 fully saturated rings. The molecule has 0 aromatic carbocycles. The average molecular weight is 468 g/mol. The van der Waals surface area contributed by atoms with E-state index >= 15 is 0 Å². The van der Waals surface area contributed by atoms with Gasteiger partial charge in [-0.15, -0.1) is 16.7 Å². The molecule has 1 saturated heterocycles. The van der Waals surface area contributed by atoms with E-state index < -0.39 is 0 Å². The third-order valence-corrected chi connectivity index (χ3v) is 6.67. The average Bonchev–Trinajstić information content (AvgIpc) is 3.43. The zero-order chi connectivity index (χ0) is 19.7. The van der Waals surface area contributed by atoms with E-state index in [0.29, 0.717) is 24.7 Å². The van der Waals surface area contributed by atoms with Gasteiger partial charge in [0.15, 0.2) is 0 Å². The van der Waals surface area contributed by atoms with Crippen molar-refractivity contribution < 1.29 is 9.59 Å². The van der Waals surface area contributed by atoms with E-state index in [0.717, 1.165) is 44.9 Å². The molecule has 1 aliphatic carbocycles. The minimum absolute atomic E-state index is 0.144. The Balaban J connectivity index is 0.000000203. The number of alkyl halides is 1. The highest BCUT2D eigenvalue weighted by molar-refractivity contribution is 9.08. The van der Waals surface area contributed by atoms with Crippen LogP contribution in [-0.2, 0) is 9.59 Å². The van der Waals surface area contributed by atoms with Crippen molar-refractivity contribution in [1.29, 1.82) is 0 Å². The number of H-pyrrole nitrogens is 1. The molecule has 1 saturated carbocycles. The third kappa shape index (κ3) is 3.65. The van der Waals surface area contributed by atoms with E-state index in [4.69, 9.17) is 11.6 Å². The molecule has 28 heavy (non-hydrogen) atoms. The lowest BCUT2D eigenvalue weighted by atomic mass is 9.81. The molecule has 5 rings (SSSR count). The van der Waals surface area contributed by atoms with Crippen LogP contribution < -0.4 is 0 Å². The molecule has 0 spiro atoms. The first-order valence-corrected chi connectivity index (χ1v) is 10.6. The minimum Gasteiger partial charge on any atom is -0.346 e. The number of halogens is 2. The zero-order valence-corrected chi connectivity index (χ0v) is 17.5. The van der Waals surface area contributed by atoms with Crippen molar-refractivity contribution in [3.05, 3.63) is 24.3 Å². The van der Waals surface area contributed by atoms with Crippen molar-refractivity contribution in [3.8, 4) is 0 Å². The Kier molecular flexibility index (Phi) is 5.63. The first kappa shape index (κ1) is 19.3. The topological polar surface area (TPSA) is 96.2 Å². The van der Waals surface area contributed by atoms with Crippen molar-refractivity contribution in [1.82, 2.24) is 28.7 Å². The van der Waals surface area contributed by atoms with E-state index in [1.54, 1.807) is 10.8 Å². The number of amides is 2. The number of hydrogen-bond donors (Lipinski definition) is 1. The molecule has 148 valence electrons. The molecule has 4 heterocycles. The number of rotatable bonds is 2. The summed E-state index contributed by atoms with van der Waals surface area (Å²) in [5, 5.41) is 9.76. The number of aromatic amines is 1. The van der Waals surface area contributed by atoms with Gasteiger partial charge in [-0.25, -0.2) is 13.4 Å². The highest BCUT2D eigenvalue weighted by atomic mass is 79.9. The van der Waals surface area contributed by atoms with Gasteiger partial charge in [-0.2, -0.15) is 0 Å². The smallest absolute Gasteiger partial charge is 0.239 e. The van der Waals surface area contributed by atoms with Gasteiger partial charge in [-0.05, 0) is 37.7 Å². The number of hydrogen-bond acceptors (Lipinski definition) is 5. The van der Waals surface area contributed by atoms with E-state index in [9.17, 15) is 9.59 Å². The molecule has 1 aliphatic heterocycles. The molecular formula is C18H20BrClN6O2. The predicted octanol–water partition coefficient (Wildman–Crippen LogP) is 3.56. The van der Waals surface area contributed by atoms with E-state index in [1.165, 1.54) is 12.8 Å². The van der Waals surface area contributed by atoms with Gasteiger partial charge in [0.25, 0.3) is 0 Å². The first-order chi connectivity index (χ1) is 13.6. The largest absolute Gasteiger partial charge is 0.346 e. The molecule has 10 heteroatoms. The van der Waals surface area contributed by atoms with Crippen molar-refractivity contribution in [2.75, 3.05) is 5.88 Å². The summed E-state index contributed by atoms with van der Waals surface area (Å²) in [7, 11) is 0. The lowest BCUT2D eigenvalue weighted by Crippen LogP contribution is -2.16. The van der Waals surface area contributed by atoms with Crippen LogP contribution in [0.1, 0.15) is 50.1 Å². The van der Waals surface area contributed by atoms with Crippen LogP contribution in [0.3, 0.4) is 0 Å². The highest BCUT2D eigenvalue weighted by Crippen LogP contribution is 2.37. The number of imide groups is 1. The van der Waals surface area contributed by atoms with Gasteiger partial charge in [0, 0.05) is 36.2 Å². The van der Waals surface area contributed by atoms with Crippen LogP contribution in [0.4, 0.5) is 0 Å². The summed E-state index contributed by atoms with van der Waals surface area (Å²) in [6.45, 7) is 0. The van der Waals surface area contributed by atoms with Crippen molar-refractivity contribution in [2.45, 2.75) is 44.4 Å². The van der Waals surface area contributed by atoms with Crippen LogP contribution in [0.2, 0.25) is 0 Å². The molecule has 3 aromatic rings. The quantitative estimate of drug-likeness (QED) is 0.353. The monoisotopic (exact) mass is 466 g/mol. The zero-order valence-electron chi connectivity index (χ0n) is 15.1. The van der Waals surface area contributed by atoms with Crippen LogP contribution >= 0.6 is 27.7 Å². The number of carbonyl (C=O) groups is 2. The Labute approximate surface area is 175 Å². The van der Waals surface area contributed by atoms with Crippen LogP contribution in [0, 0.1) is 5.92 Å². The predicted molar refractivity (Wildman–Crippen MR) is 108 cm³/mol. The van der Waals surface area contributed by atoms with Gasteiger partial charge in [0.1, 0.15) is 17.5 Å². The van der Waals surface area contributed by atoms with E-state index in [-0.39, 0.29) is 11.8 Å². The maximum absolute atomic E-state index is 10.4. The fourth-order valence-corrected chi connectivity index (χ4v) is 4.50. The van der Waals surface area contributed by atoms with Crippen molar-refractivity contribution >= 4 is 56.1 Å². The highest BCUT2D eigenvalue weighted by Gasteiger charge is 2.27. The Morgan fingerprint density at radius 3 is 2.50 bits per heavy atom. The number of nitrogens with one attached hydrogen (secondary N) is 1. The van der Waals surface area contributed by atoms with Crippen LogP contribution in [0.25, 0.3) is 16.6 Å². The van der Waals surface area contributed by atoms with Gasteiger partial charge in [0.05, 0.1) is 21.8 Å². The van der Waals surface area contributed by atoms with E-state index in [1.807, 2.05) is 6.20 Å². The minimum atomic E-state index is -0.144. The fourth-order valence-electron chi connectivity index (χ4n) is 3.83. The van der Waals surface area contributed by atoms with Crippen molar-refractivity contribution in [2.24, 2.45) is 5.92 Å². The lowest BCUT2D eigenvalue weighted by Gasteiger charge is -2.25. The Morgan fingerprint density at radius 1 is 1.18 bits per heavy atom. The van der Waals surface area contributed by atoms with Gasteiger partial charge < -0.3 is 4.98 Å². The number of nitrogens with zero attached hydrogens (tertiary/aromatic N) is 5. The summed E-state index contributed by atoms with van der Waals surface area (Å²) >= 11 is 8.77. The Hall–Kier alpha value is -2.00. The van der Waals surface area contributed by atoms with Gasteiger partial charge >= 0.3 is 0 Å². The Morgan fingerprint density at radius 2 is 1.89 bits per heavy atom. The molecule has 2 aliphatic rings. The number of aromatic nitrogens is 5. The molecular weight excluding hydrogens is 448 g/mol. The SMILES string of the molecule is ClCC1CCC(c2nnn3cnc4[nH]ccc4c23)CC1.O=C1CCC(=O)N1Br. The number of carbonyl (C=O) groups excluding carboxylic acids is 2. The summed E-state index contributed by atoms with van der Waals surface area (Å²) in [6, 6.07) is 2.05. The second kappa shape index (κ2) is 8.16. The number of fused-ring (bicyclic) bond motifs is 3. The van der Waals surface area contributed by atoms with Crippen molar-refractivity contribution in [3.63, 3.8) is 0 Å².